The Balaban J connectivity index is 1.85. The maximum absolute atomic E-state index is 12.2. The van der Waals surface area contributed by atoms with Crippen LogP contribution in [0.25, 0.3) is 0 Å². The third kappa shape index (κ3) is 6.45. The molecule has 8 heteroatoms. The van der Waals surface area contributed by atoms with E-state index < -0.39 is 12.0 Å². The molecule has 7 nitrogen and oxygen atoms in total. The Kier molecular flexibility index (Phi) is 7.88. The van der Waals surface area contributed by atoms with Crippen molar-refractivity contribution in [3.05, 3.63) is 59.0 Å². The van der Waals surface area contributed by atoms with Gasteiger partial charge >= 0.3 is 5.97 Å². The minimum atomic E-state index is -0.587. The lowest BCUT2D eigenvalue weighted by Crippen LogP contribution is -2.31. The molecule has 2 amide bonds. The first-order valence-electron chi connectivity index (χ1n) is 8.43. The van der Waals surface area contributed by atoms with Gasteiger partial charge in [-0.3, -0.25) is 14.4 Å². The van der Waals surface area contributed by atoms with E-state index in [1.807, 2.05) is 0 Å². The molecule has 0 saturated heterocycles. The molecule has 2 aromatic rings. The first-order valence-corrected chi connectivity index (χ1v) is 8.81. The van der Waals surface area contributed by atoms with Crippen LogP contribution in [0.2, 0.25) is 5.02 Å². The van der Waals surface area contributed by atoms with E-state index in [0.717, 1.165) is 0 Å². The van der Waals surface area contributed by atoms with Gasteiger partial charge in [0.25, 0.3) is 5.91 Å². The summed E-state index contributed by atoms with van der Waals surface area (Å²) in [4.78, 5) is 35.6. The van der Waals surface area contributed by atoms with E-state index in [0.29, 0.717) is 23.6 Å². The summed E-state index contributed by atoms with van der Waals surface area (Å²) < 4.78 is 9.68. The minimum absolute atomic E-state index is 0.0266. The average molecular weight is 393 g/mol. The normalized spacial score (nSPS) is 11.5. The molecular weight excluding hydrogens is 372 g/mol. The summed E-state index contributed by atoms with van der Waals surface area (Å²) in [5.74, 6) is -0.821. The Labute approximate surface area is 162 Å². The highest BCUT2D eigenvalue weighted by molar-refractivity contribution is 6.31. The molecule has 144 valence electrons. The van der Waals surface area contributed by atoms with Crippen LogP contribution in [0.4, 0.5) is 0 Å². The van der Waals surface area contributed by atoms with E-state index in [1.165, 1.54) is 13.4 Å². The molecule has 0 aliphatic rings. The first-order chi connectivity index (χ1) is 13.0. The number of rotatable bonds is 9. The Bertz CT molecular complexity index is 776. The Morgan fingerprint density at radius 3 is 2.63 bits per heavy atom. The molecule has 27 heavy (non-hydrogen) atoms. The summed E-state index contributed by atoms with van der Waals surface area (Å²) in [5, 5.41) is 5.92. The predicted octanol–water partition coefficient (Wildman–Crippen LogP) is 2.86. The lowest BCUT2D eigenvalue weighted by molar-refractivity contribution is -0.141. The number of amides is 2. The van der Waals surface area contributed by atoms with Gasteiger partial charge in [0, 0.05) is 18.0 Å². The standard InChI is InChI=1S/C19H21ClN2O5/c1-26-18(24)12-15(13-6-2-3-7-14(13)20)22-17(23)9-4-10-21-19(25)16-8-5-11-27-16/h2-3,5-8,11,15H,4,9-10,12H2,1H3,(H,21,25)(H,22,23). The third-order valence-electron chi connectivity index (χ3n) is 3.83. The minimum Gasteiger partial charge on any atom is -0.469 e. The summed E-state index contributed by atoms with van der Waals surface area (Å²) in [7, 11) is 1.29. The smallest absolute Gasteiger partial charge is 0.307 e. The second kappa shape index (κ2) is 10.4. The molecule has 1 aromatic heterocycles. The topological polar surface area (TPSA) is 97.6 Å². The Hall–Kier alpha value is -2.80. The van der Waals surface area contributed by atoms with Gasteiger partial charge in [-0.2, -0.15) is 0 Å². The van der Waals surface area contributed by atoms with Gasteiger partial charge in [0.1, 0.15) is 0 Å². The van der Waals surface area contributed by atoms with Gasteiger partial charge in [-0.05, 0) is 30.2 Å². The van der Waals surface area contributed by atoms with Crippen LogP contribution in [0.1, 0.15) is 41.4 Å². The van der Waals surface area contributed by atoms with Gasteiger partial charge in [-0.25, -0.2) is 0 Å². The van der Waals surface area contributed by atoms with Crippen LogP contribution in [0.5, 0.6) is 0 Å². The fourth-order valence-corrected chi connectivity index (χ4v) is 2.73. The molecular formula is C19H21ClN2O5. The Morgan fingerprint density at radius 2 is 1.96 bits per heavy atom. The highest BCUT2D eigenvalue weighted by atomic mass is 35.5. The van der Waals surface area contributed by atoms with E-state index in [1.54, 1.807) is 36.4 Å². The molecule has 1 aromatic carbocycles. The predicted molar refractivity (Wildman–Crippen MR) is 99.2 cm³/mol. The van der Waals surface area contributed by atoms with Crippen molar-refractivity contribution in [1.29, 1.82) is 0 Å². The van der Waals surface area contributed by atoms with Crippen LogP contribution in [0, 0.1) is 0 Å². The number of ether oxygens (including phenoxy) is 1. The zero-order valence-electron chi connectivity index (χ0n) is 14.9. The van der Waals surface area contributed by atoms with Crippen LogP contribution in [0.15, 0.2) is 47.1 Å². The van der Waals surface area contributed by atoms with E-state index in [2.05, 4.69) is 10.6 Å². The summed E-state index contributed by atoms with van der Waals surface area (Å²) >= 11 is 6.18. The molecule has 1 unspecified atom stereocenters. The number of methoxy groups -OCH3 is 1. The van der Waals surface area contributed by atoms with Gasteiger partial charge < -0.3 is 19.8 Å². The number of hydrogen-bond donors (Lipinski definition) is 2. The van der Waals surface area contributed by atoms with E-state index in [-0.39, 0.29) is 30.4 Å². The van der Waals surface area contributed by atoms with Crippen molar-refractivity contribution in [2.24, 2.45) is 0 Å². The zero-order chi connectivity index (χ0) is 19.6. The fraction of sp³-hybridized carbons (Fsp3) is 0.316. The van der Waals surface area contributed by atoms with Crippen LogP contribution in [0.3, 0.4) is 0 Å². The summed E-state index contributed by atoms with van der Waals surface area (Å²) in [6.45, 7) is 0.320. The molecule has 1 heterocycles. The number of hydrogen-bond acceptors (Lipinski definition) is 5. The van der Waals surface area contributed by atoms with E-state index >= 15 is 0 Å². The Morgan fingerprint density at radius 1 is 1.19 bits per heavy atom. The molecule has 0 bridgehead atoms. The first kappa shape index (κ1) is 20.5. The molecule has 0 radical (unpaired) electrons. The summed E-state index contributed by atoms with van der Waals surface area (Å²) in [6.07, 6.45) is 2.01. The van der Waals surface area contributed by atoms with Crippen molar-refractivity contribution in [2.45, 2.75) is 25.3 Å². The maximum atomic E-state index is 12.2. The monoisotopic (exact) mass is 392 g/mol. The van der Waals surface area contributed by atoms with Gasteiger partial charge in [0.05, 0.1) is 25.8 Å². The van der Waals surface area contributed by atoms with Crippen LogP contribution < -0.4 is 10.6 Å². The summed E-state index contributed by atoms with van der Waals surface area (Å²) in [5.41, 5.74) is 0.643. The van der Waals surface area contributed by atoms with Crippen molar-refractivity contribution >= 4 is 29.4 Å². The zero-order valence-corrected chi connectivity index (χ0v) is 15.6. The molecule has 0 saturated carbocycles. The molecule has 0 fully saturated rings. The molecule has 0 aliphatic heterocycles. The molecule has 2 rings (SSSR count). The number of carbonyl (C=O) groups is 3. The number of halogens is 1. The molecule has 0 spiro atoms. The van der Waals surface area contributed by atoms with Crippen LogP contribution in [-0.2, 0) is 14.3 Å². The number of carbonyl (C=O) groups excluding carboxylic acids is 3. The molecule has 1 atom stereocenters. The van der Waals surface area contributed by atoms with Crippen molar-refractivity contribution in [3.8, 4) is 0 Å². The highest BCUT2D eigenvalue weighted by Gasteiger charge is 2.21. The second-order valence-electron chi connectivity index (χ2n) is 5.76. The van der Waals surface area contributed by atoms with Gasteiger partial charge in [0.2, 0.25) is 5.91 Å². The number of esters is 1. The van der Waals surface area contributed by atoms with Crippen molar-refractivity contribution < 1.29 is 23.5 Å². The SMILES string of the molecule is COC(=O)CC(NC(=O)CCCNC(=O)c1ccco1)c1ccccc1Cl. The van der Waals surface area contributed by atoms with Crippen molar-refractivity contribution in [1.82, 2.24) is 10.6 Å². The third-order valence-corrected chi connectivity index (χ3v) is 4.17. The average Bonchev–Trinajstić information content (AvgIpc) is 3.19. The van der Waals surface area contributed by atoms with E-state index in [9.17, 15) is 14.4 Å². The lowest BCUT2D eigenvalue weighted by Gasteiger charge is -2.19. The fourth-order valence-electron chi connectivity index (χ4n) is 2.46. The maximum Gasteiger partial charge on any atom is 0.307 e. The number of nitrogens with one attached hydrogen (secondary N) is 2. The quantitative estimate of drug-likeness (QED) is 0.505. The lowest BCUT2D eigenvalue weighted by atomic mass is 10.0. The number of benzene rings is 1. The van der Waals surface area contributed by atoms with Crippen LogP contribution >= 0.6 is 11.6 Å². The van der Waals surface area contributed by atoms with Gasteiger partial charge in [-0.1, -0.05) is 29.8 Å². The van der Waals surface area contributed by atoms with Crippen molar-refractivity contribution in [3.63, 3.8) is 0 Å². The molecule has 0 aliphatic carbocycles. The highest BCUT2D eigenvalue weighted by Crippen LogP contribution is 2.25. The summed E-state index contributed by atoms with van der Waals surface area (Å²) in [6, 6.07) is 9.59. The number of furan rings is 1. The largest absolute Gasteiger partial charge is 0.469 e. The van der Waals surface area contributed by atoms with Gasteiger partial charge in [-0.15, -0.1) is 0 Å². The van der Waals surface area contributed by atoms with E-state index in [4.69, 9.17) is 20.8 Å². The molecule has 2 N–H and O–H groups in total. The van der Waals surface area contributed by atoms with Gasteiger partial charge in [0.15, 0.2) is 5.76 Å². The van der Waals surface area contributed by atoms with Crippen molar-refractivity contribution in [2.75, 3.05) is 13.7 Å². The second-order valence-corrected chi connectivity index (χ2v) is 6.17. The van der Waals surface area contributed by atoms with Crippen LogP contribution in [-0.4, -0.2) is 31.4 Å².